The number of ether oxygens (including phenoxy) is 1. The van der Waals surface area contributed by atoms with E-state index in [9.17, 15) is 9.59 Å². The van der Waals surface area contributed by atoms with E-state index in [0.29, 0.717) is 28.4 Å². The third kappa shape index (κ3) is 4.62. The summed E-state index contributed by atoms with van der Waals surface area (Å²) in [4.78, 5) is 25.0. The van der Waals surface area contributed by atoms with Crippen LogP contribution in [0.4, 0.5) is 11.4 Å². The van der Waals surface area contributed by atoms with E-state index in [2.05, 4.69) is 15.8 Å². The Bertz CT molecular complexity index is 1200. The zero-order chi connectivity index (χ0) is 21.6. The van der Waals surface area contributed by atoms with Crippen LogP contribution in [0.1, 0.15) is 20.8 Å². The van der Waals surface area contributed by atoms with E-state index in [4.69, 9.17) is 9.26 Å². The third-order valence-electron chi connectivity index (χ3n) is 4.56. The second-order valence-corrected chi connectivity index (χ2v) is 6.63. The van der Waals surface area contributed by atoms with Crippen molar-refractivity contribution in [3.63, 3.8) is 0 Å². The number of rotatable bonds is 6. The van der Waals surface area contributed by atoms with Crippen LogP contribution in [0.5, 0.6) is 5.75 Å². The van der Waals surface area contributed by atoms with Gasteiger partial charge in [-0.25, -0.2) is 0 Å². The van der Waals surface area contributed by atoms with Crippen LogP contribution in [-0.2, 0) is 0 Å². The summed E-state index contributed by atoms with van der Waals surface area (Å²) in [6, 6.07) is 24.7. The summed E-state index contributed by atoms with van der Waals surface area (Å²) in [6.07, 6.45) is 0. The molecule has 1 heterocycles. The molecular formula is C24H19N3O4. The summed E-state index contributed by atoms with van der Waals surface area (Å²) < 4.78 is 10.5. The van der Waals surface area contributed by atoms with E-state index in [1.807, 2.05) is 42.5 Å². The van der Waals surface area contributed by atoms with Gasteiger partial charge in [-0.2, -0.15) is 0 Å². The molecule has 0 unspecified atom stereocenters. The fraction of sp³-hybridized carbons (Fsp3) is 0.0417. The summed E-state index contributed by atoms with van der Waals surface area (Å²) >= 11 is 0. The molecule has 2 amide bonds. The molecule has 0 aliphatic rings. The summed E-state index contributed by atoms with van der Waals surface area (Å²) in [5.74, 6) is 0.389. The molecule has 0 radical (unpaired) electrons. The van der Waals surface area contributed by atoms with Gasteiger partial charge in [0.2, 0.25) is 0 Å². The van der Waals surface area contributed by atoms with Crippen molar-refractivity contribution >= 4 is 23.2 Å². The van der Waals surface area contributed by atoms with Crippen molar-refractivity contribution in [2.24, 2.45) is 0 Å². The molecule has 0 atom stereocenters. The summed E-state index contributed by atoms with van der Waals surface area (Å²) in [5, 5.41) is 9.39. The average molecular weight is 413 g/mol. The topological polar surface area (TPSA) is 93.5 Å². The highest BCUT2D eigenvalue weighted by molar-refractivity contribution is 6.06. The molecular weight excluding hydrogens is 394 g/mol. The highest BCUT2D eigenvalue weighted by Crippen LogP contribution is 2.24. The molecule has 0 aliphatic heterocycles. The lowest BCUT2D eigenvalue weighted by Gasteiger charge is -2.10. The van der Waals surface area contributed by atoms with Crippen molar-refractivity contribution in [1.82, 2.24) is 5.16 Å². The molecule has 0 spiro atoms. The molecule has 4 aromatic rings. The minimum Gasteiger partial charge on any atom is -0.495 e. The van der Waals surface area contributed by atoms with Gasteiger partial charge < -0.3 is 19.9 Å². The van der Waals surface area contributed by atoms with Gasteiger partial charge in [-0.05, 0) is 36.4 Å². The first kappa shape index (κ1) is 19.9. The van der Waals surface area contributed by atoms with Crippen molar-refractivity contribution < 1.29 is 18.8 Å². The number of amides is 2. The van der Waals surface area contributed by atoms with Gasteiger partial charge >= 0.3 is 0 Å². The molecule has 2 N–H and O–H groups in total. The van der Waals surface area contributed by atoms with Gasteiger partial charge in [-0.3, -0.25) is 9.59 Å². The first-order valence-corrected chi connectivity index (χ1v) is 9.52. The van der Waals surface area contributed by atoms with E-state index < -0.39 is 5.91 Å². The molecule has 3 aromatic carbocycles. The molecule has 0 aliphatic carbocycles. The Labute approximate surface area is 178 Å². The predicted molar refractivity (Wildman–Crippen MR) is 117 cm³/mol. The second-order valence-electron chi connectivity index (χ2n) is 6.63. The highest BCUT2D eigenvalue weighted by atomic mass is 16.5. The quantitative estimate of drug-likeness (QED) is 0.471. The lowest BCUT2D eigenvalue weighted by atomic mass is 10.1. The molecule has 31 heavy (non-hydrogen) atoms. The van der Waals surface area contributed by atoms with E-state index in [1.165, 1.54) is 0 Å². The normalized spacial score (nSPS) is 10.4. The van der Waals surface area contributed by atoms with Gasteiger partial charge in [0.25, 0.3) is 11.8 Å². The molecule has 7 nitrogen and oxygen atoms in total. The Morgan fingerprint density at radius 2 is 1.55 bits per heavy atom. The summed E-state index contributed by atoms with van der Waals surface area (Å²) in [5.41, 5.74) is 2.55. The number of para-hydroxylation sites is 2. The third-order valence-corrected chi connectivity index (χ3v) is 4.56. The van der Waals surface area contributed by atoms with Crippen LogP contribution < -0.4 is 15.4 Å². The smallest absolute Gasteiger partial charge is 0.277 e. The standard InChI is InChI=1S/C24H19N3O4/c1-30-21-10-6-5-9-19(21)26-23(28)17-11-13-18(14-12-17)25-24(29)20-15-22(31-27-20)16-7-3-2-4-8-16/h2-15H,1H3,(H,25,29)(H,26,28). The van der Waals surface area contributed by atoms with Gasteiger partial charge in [0.05, 0.1) is 12.8 Å². The van der Waals surface area contributed by atoms with Crippen molar-refractivity contribution in [2.75, 3.05) is 17.7 Å². The number of aromatic nitrogens is 1. The van der Waals surface area contributed by atoms with Gasteiger partial charge in [0.1, 0.15) is 5.75 Å². The average Bonchev–Trinajstić information content (AvgIpc) is 3.31. The lowest BCUT2D eigenvalue weighted by Crippen LogP contribution is -2.14. The Hall–Kier alpha value is -4.39. The number of carbonyl (C=O) groups excluding carboxylic acids is 2. The van der Waals surface area contributed by atoms with Crippen LogP contribution >= 0.6 is 0 Å². The molecule has 0 saturated heterocycles. The van der Waals surface area contributed by atoms with Gasteiger partial charge in [0.15, 0.2) is 11.5 Å². The van der Waals surface area contributed by atoms with Gasteiger partial charge in [-0.1, -0.05) is 47.6 Å². The largest absolute Gasteiger partial charge is 0.495 e. The van der Waals surface area contributed by atoms with Crippen LogP contribution in [0.2, 0.25) is 0 Å². The number of methoxy groups -OCH3 is 1. The maximum Gasteiger partial charge on any atom is 0.277 e. The number of nitrogens with zero attached hydrogens (tertiary/aromatic N) is 1. The second kappa shape index (κ2) is 8.96. The van der Waals surface area contributed by atoms with E-state index in [1.54, 1.807) is 49.6 Å². The molecule has 1 aromatic heterocycles. The fourth-order valence-electron chi connectivity index (χ4n) is 2.96. The molecule has 0 fully saturated rings. The minimum absolute atomic E-state index is 0.164. The number of anilines is 2. The van der Waals surface area contributed by atoms with Crippen molar-refractivity contribution in [1.29, 1.82) is 0 Å². The fourth-order valence-corrected chi connectivity index (χ4v) is 2.96. The Morgan fingerprint density at radius 1 is 0.839 bits per heavy atom. The van der Waals surface area contributed by atoms with E-state index in [0.717, 1.165) is 5.56 Å². The summed E-state index contributed by atoms with van der Waals surface area (Å²) in [7, 11) is 1.54. The van der Waals surface area contributed by atoms with Gasteiger partial charge in [-0.15, -0.1) is 0 Å². The highest BCUT2D eigenvalue weighted by Gasteiger charge is 2.15. The molecule has 154 valence electrons. The van der Waals surface area contributed by atoms with Crippen molar-refractivity contribution in [2.45, 2.75) is 0 Å². The van der Waals surface area contributed by atoms with E-state index in [-0.39, 0.29) is 11.6 Å². The Morgan fingerprint density at radius 3 is 2.29 bits per heavy atom. The van der Waals surface area contributed by atoms with Crippen molar-refractivity contribution in [3.8, 4) is 17.1 Å². The molecule has 0 saturated carbocycles. The monoisotopic (exact) mass is 413 g/mol. The Kier molecular flexibility index (Phi) is 5.75. The van der Waals surface area contributed by atoms with Crippen molar-refractivity contribution in [3.05, 3.63) is 96.2 Å². The lowest BCUT2D eigenvalue weighted by molar-refractivity contribution is 0.101. The molecule has 0 bridgehead atoms. The van der Waals surface area contributed by atoms with Crippen LogP contribution in [0, 0.1) is 0 Å². The molecule has 7 heteroatoms. The van der Waals surface area contributed by atoms with Crippen LogP contribution in [0.3, 0.4) is 0 Å². The minimum atomic E-state index is -0.405. The number of hydrogen-bond donors (Lipinski definition) is 2. The first-order chi connectivity index (χ1) is 15.1. The predicted octanol–water partition coefficient (Wildman–Crippen LogP) is 4.85. The molecule has 4 rings (SSSR count). The number of benzene rings is 3. The maximum atomic E-state index is 12.5. The first-order valence-electron chi connectivity index (χ1n) is 9.52. The number of hydrogen-bond acceptors (Lipinski definition) is 5. The number of nitrogens with one attached hydrogen (secondary N) is 2. The Balaban J connectivity index is 1.41. The van der Waals surface area contributed by atoms with E-state index >= 15 is 0 Å². The van der Waals surface area contributed by atoms with Gasteiger partial charge in [0, 0.05) is 22.9 Å². The van der Waals surface area contributed by atoms with Crippen LogP contribution in [0.15, 0.2) is 89.5 Å². The van der Waals surface area contributed by atoms with Crippen LogP contribution in [0.25, 0.3) is 11.3 Å². The summed E-state index contributed by atoms with van der Waals surface area (Å²) in [6.45, 7) is 0. The SMILES string of the molecule is COc1ccccc1NC(=O)c1ccc(NC(=O)c2cc(-c3ccccc3)on2)cc1. The van der Waals surface area contributed by atoms with Crippen LogP contribution in [-0.4, -0.2) is 24.1 Å². The zero-order valence-corrected chi connectivity index (χ0v) is 16.7. The number of carbonyl (C=O) groups is 2. The zero-order valence-electron chi connectivity index (χ0n) is 16.7. The maximum absolute atomic E-state index is 12.5.